The molecule has 0 aromatic carbocycles. The fraction of sp³-hybridized carbons (Fsp3) is 0.583. The topological polar surface area (TPSA) is 100 Å². The summed E-state index contributed by atoms with van der Waals surface area (Å²) in [5.74, 6) is -0.337. The second kappa shape index (κ2) is 10.1. The number of ether oxygens (including phenoxy) is 1. The van der Waals surface area contributed by atoms with Crippen LogP contribution in [0.3, 0.4) is 0 Å². The SMILES string of the molecule is CC(C)(C)OC(=O)N(c1ccc(/C=C/C(=O)O)cn1)[C@@H]1CCN(C(=O)C2CCCCC2)C1. The van der Waals surface area contributed by atoms with Gasteiger partial charge in [0.1, 0.15) is 11.4 Å². The monoisotopic (exact) mass is 443 g/mol. The number of pyridine rings is 1. The molecule has 1 aromatic rings. The minimum absolute atomic E-state index is 0.0934. The Hall–Kier alpha value is -2.90. The zero-order chi connectivity index (χ0) is 23.3. The van der Waals surface area contributed by atoms with Gasteiger partial charge in [-0.1, -0.05) is 19.3 Å². The Morgan fingerprint density at radius 2 is 1.88 bits per heavy atom. The lowest BCUT2D eigenvalue weighted by Gasteiger charge is -2.31. The van der Waals surface area contributed by atoms with E-state index in [1.54, 1.807) is 12.1 Å². The highest BCUT2D eigenvalue weighted by Crippen LogP contribution is 2.29. The average molecular weight is 444 g/mol. The van der Waals surface area contributed by atoms with Crippen LogP contribution in [0.2, 0.25) is 0 Å². The maximum absolute atomic E-state index is 13.1. The van der Waals surface area contributed by atoms with Gasteiger partial charge in [-0.3, -0.25) is 9.69 Å². The van der Waals surface area contributed by atoms with Crippen molar-refractivity contribution in [2.45, 2.75) is 70.9 Å². The van der Waals surface area contributed by atoms with E-state index < -0.39 is 17.7 Å². The van der Waals surface area contributed by atoms with Crippen molar-refractivity contribution in [3.8, 4) is 0 Å². The van der Waals surface area contributed by atoms with Gasteiger partial charge in [0.25, 0.3) is 0 Å². The van der Waals surface area contributed by atoms with Crippen LogP contribution < -0.4 is 4.90 Å². The molecule has 1 aliphatic heterocycles. The first-order valence-electron chi connectivity index (χ1n) is 11.3. The molecule has 0 unspecified atom stereocenters. The predicted molar refractivity (Wildman–Crippen MR) is 121 cm³/mol. The molecule has 1 saturated heterocycles. The number of hydrogen-bond acceptors (Lipinski definition) is 5. The minimum Gasteiger partial charge on any atom is -0.478 e. The number of aliphatic carboxylic acids is 1. The normalized spacial score (nSPS) is 19.8. The van der Waals surface area contributed by atoms with E-state index in [1.165, 1.54) is 23.6 Å². The summed E-state index contributed by atoms with van der Waals surface area (Å²) < 4.78 is 5.64. The predicted octanol–water partition coefficient (Wildman–Crippen LogP) is 4.10. The molecule has 8 nitrogen and oxygen atoms in total. The highest BCUT2D eigenvalue weighted by Gasteiger charge is 2.38. The molecule has 174 valence electrons. The number of rotatable bonds is 5. The fourth-order valence-corrected chi connectivity index (χ4v) is 4.31. The van der Waals surface area contributed by atoms with E-state index in [1.807, 2.05) is 25.7 Å². The van der Waals surface area contributed by atoms with E-state index in [-0.39, 0.29) is 17.9 Å². The Balaban J connectivity index is 1.78. The number of hydrogen-bond donors (Lipinski definition) is 1. The van der Waals surface area contributed by atoms with Crippen molar-refractivity contribution in [3.63, 3.8) is 0 Å². The first kappa shape index (κ1) is 23.8. The maximum atomic E-state index is 13.1. The Morgan fingerprint density at radius 1 is 1.16 bits per heavy atom. The third-order valence-corrected chi connectivity index (χ3v) is 5.82. The summed E-state index contributed by atoms with van der Waals surface area (Å²) in [6.45, 7) is 6.49. The van der Waals surface area contributed by atoms with E-state index in [0.29, 0.717) is 30.9 Å². The highest BCUT2D eigenvalue weighted by atomic mass is 16.6. The first-order valence-corrected chi connectivity index (χ1v) is 11.3. The number of nitrogens with zero attached hydrogens (tertiary/aromatic N) is 3. The Bertz CT molecular complexity index is 853. The molecule has 1 aromatic heterocycles. The molecule has 0 radical (unpaired) electrons. The largest absolute Gasteiger partial charge is 0.478 e. The Labute approximate surface area is 189 Å². The second-order valence-electron chi connectivity index (χ2n) is 9.53. The maximum Gasteiger partial charge on any atom is 0.416 e. The van der Waals surface area contributed by atoms with E-state index in [4.69, 9.17) is 9.84 Å². The number of likely N-dealkylation sites (tertiary alicyclic amines) is 1. The Morgan fingerprint density at radius 3 is 2.47 bits per heavy atom. The van der Waals surface area contributed by atoms with Crippen molar-refractivity contribution >= 4 is 29.9 Å². The van der Waals surface area contributed by atoms with Crippen molar-refractivity contribution in [2.24, 2.45) is 5.92 Å². The summed E-state index contributed by atoms with van der Waals surface area (Å²) in [6.07, 6.45) is 9.44. The number of carbonyl (C=O) groups is 3. The molecule has 1 N–H and O–H groups in total. The van der Waals surface area contributed by atoms with E-state index in [0.717, 1.165) is 31.8 Å². The molecule has 8 heteroatoms. The molecule has 32 heavy (non-hydrogen) atoms. The zero-order valence-electron chi connectivity index (χ0n) is 19.1. The van der Waals surface area contributed by atoms with Gasteiger partial charge in [0.05, 0.1) is 6.04 Å². The van der Waals surface area contributed by atoms with Gasteiger partial charge in [-0.2, -0.15) is 0 Å². The average Bonchev–Trinajstić information content (AvgIpc) is 3.21. The number of amides is 2. The Kier molecular flexibility index (Phi) is 7.53. The van der Waals surface area contributed by atoms with Gasteiger partial charge in [0.2, 0.25) is 5.91 Å². The summed E-state index contributed by atoms with van der Waals surface area (Å²) in [5.41, 5.74) is -0.0591. The highest BCUT2D eigenvalue weighted by molar-refractivity contribution is 5.88. The van der Waals surface area contributed by atoms with Gasteiger partial charge >= 0.3 is 12.1 Å². The molecule has 1 saturated carbocycles. The molecule has 2 aliphatic rings. The third kappa shape index (κ3) is 6.31. The molecule has 0 spiro atoms. The first-order chi connectivity index (χ1) is 15.1. The van der Waals surface area contributed by atoms with Gasteiger partial charge in [0, 0.05) is 31.3 Å². The number of carbonyl (C=O) groups excluding carboxylic acids is 2. The minimum atomic E-state index is -1.04. The fourth-order valence-electron chi connectivity index (χ4n) is 4.31. The summed E-state index contributed by atoms with van der Waals surface area (Å²) in [4.78, 5) is 44.6. The molecule has 0 bridgehead atoms. The van der Waals surface area contributed by atoms with Crippen molar-refractivity contribution < 1.29 is 24.2 Å². The molecule has 1 atom stereocenters. The zero-order valence-corrected chi connectivity index (χ0v) is 19.1. The molecule has 1 aliphatic carbocycles. The summed E-state index contributed by atoms with van der Waals surface area (Å²) in [6, 6.07) is 3.15. The van der Waals surface area contributed by atoms with Crippen LogP contribution in [0.4, 0.5) is 10.6 Å². The van der Waals surface area contributed by atoms with E-state index in [2.05, 4.69) is 4.98 Å². The second-order valence-corrected chi connectivity index (χ2v) is 9.53. The van der Waals surface area contributed by atoms with Crippen LogP contribution in [0, 0.1) is 5.92 Å². The van der Waals surface area contributed by atoms with E-state index >= 15 is 0 Å². The molecule has 2 fully saturated rings. The molecular formula is C24H33N3O5. The summed E-state index contributed by atoms with van der Waals surface area (Å²) in [7, 11) is 0. The van der Waals surface area contributed by atoms with Gasteiger partial charge < -0.3 is 14.7 Å². The smallest absolute Gasteiger partial charge is 0.416 e. The van der Waals surface area contributed by atoms with Crippen LogP contribution in [0.15, 0.2) is 24.4 Å². The molecule has 2 amide bonds. The number of aromatic nitrogens is 1. The van der Waals surface area contributed by atoms with E-state index in [9.17, 15) is 14.4 Å². The molecular weight excluding hydrogens is 410 g/mol. The van der Waals surface area contributed by atoms with Gasteiger partial charge in [-0.15, -0.1) is 0 Å². The van der Waals surface area contributed by atoms with Crippen LogP contribution in [-0.4, -0.2) is 57.7 Å². The molecule has 3 rings (SSSR count). The lowest BCUT2D eigenvalue weighted by Crippen LogP contribution is -2.46. The quantitative estimate of drug-likeness (QED) is 0.688. The number of carboxylic acids is 1. The van der Waals surface area contributed by atoms with Crippen LogP contribution in [0.25, 0.3) is 6.08 Å². The van der Waals surface area contributed by atoms with Crippen molar-refractivity contribution in [2.75, 3.05) is 18.0 Å². The van der Waals surface area contributed by atoms with Crippen LogP contribution in [0.1, 0.15) is 64.9 Å². The summed E-state index contributed by atoms with van der Waals surface area (Å²) in [5, 5.41) is 8.80. The van der Waals surface area contributed by atoms with Crippen molar-refractivity contribution in [1.82, 2.24) is 9.88 Å². The molecule has 2 heterocycles. The third-order valence-electron chi connectivity index (χ3n) is 5.82. The van der Waals surface area contributed by atoms with Crippen LogP contribution in [0.5, 0.6) is 0 Å². The number of carboxylic acid groups (broad SMARTS) is 1. The number of anilines is 1. The summed E-state index contributed by atoms with van der Waals surface area (Å²) >= 11 is 0. The van der Waals surface area contributed by atoms with Gasteiger partial charge in [-0.05, 0) is 63.8 Å². The van der Waals surface area contributed by atoms with Gasteiger partial charge in [-0.25, -0.2) is 14.6 Å². The lowest BCUT2D eigenvalue weighted by molar-refractivity contribution is -0.135. The lowest BCUT2D eigenvalue weighted by atomic mass is 9.88. The van der Waals surface area contributed by atoms with Crippen LogP contribution >= 0.6 is 0 Å². The van der Waals surface area contributed by atoms with Crippen molar-refractivity contribution in [1.29, 1.82) is 0 Å². The van der Waals surface area contributed by atoms with Crippen LogP contribution in [-0.2, 0) is 14.3 Å². The standard InChI is InChI=1S/C24H33N3O5/c1-24(2,3)32-23(31)27(20-11-9-17(15-25-20)10-12-21(28)29)19-13-14-26(16-19)22(30)18-7-5-4-6-8-18/h9-12,15,18-19H,4-8,13-14,16H2,1-3H3,(H,28,29)/b12-10+/t19-/m1/s1. The van der Waals surface area contributed by atoms with Gasteiger partial charge in [0.15, 0.2) is 0 Å². The van der Waals surface area contributed by atoms with Crippen molar-refractivity contribution in [3.05, 3.63) is 30.0 Å².